The zero-order valence-electron chi connectivity index (χ0n) is 15.0. The molecular weight excluding hydrogens is 364 g/mol. The lowest BCUT2D eigenvalue weighted by Gasteiger charge is -2.25. The van der Waals surface area contributed by atoms with Crippen molar-refractivity contribution in [1.82, 2.24) is 8.87 Å². The number of para-hydroxylation sites is 1. The fourth-order valence-corrected chi connectivity index (χ4v) is 6.36. The van der Waals surface area contributed by atoms with E-state index in [4.69, 9.17) is 0 Å². The van der Waals surface area contributed by atoms with Gasteiger partial charge in [0, 0.05) is 47.7 Å². The van der Waals surface area contributed by atoms with Crippen LogP contribution < -0.4 is 0 Å². The molecule has 4 nitrogen and oxygen atoms in total. The van der Waals surface area contributed by atoms with Gasteiger partial charge < -0.3 is 4.57 Å². The van der Waals surface area contributed by atoms with Gasteiger partial charge in [0.2, 0.25) is 0 Å². The number of aromatic nitrogens is 1. The van der Waals surface area contributed by atoms with Crippen molar-refractivity contribution in [3.05, 3.63) is 59.1 Å². The Labute approximate surface area is 158 Å². The van der Waals surface area contributed by atoms with Crippen LogP contribution in [0.25, 0.3) is 16.5 Å². The Morgan fingerprint density at radius 3 is 2.65 bits per heavy atom. The van der Waals surface area contributed by atoms with Crippen molar-refractivity contribution in [2.75, 3.05) is 13.1 Å². The number of hydrogen-bond donors (Lipinski definition) is 0. The first-order valence-corrected chi connectivity index (χ1v) is 11.1. The van der Waals surface area contributed by atoms with E-state index in [0.29, 0.717) is 17.3 Å². The fourth-order valence-electron chi connectivity index (χ4n) is 3.53. The van der Waals surface area contributed by atoms with Crippen LogP contribution in [0.4, 0.5) is 0 Å². The SMILES string of the molecule is CCc1ccc(S(=O)(=O)N2CC=C(c3cn(C)c4ccccc34)CC2)s1. The lowest BCUT2D eigenvalue weighted by Crippen LogP contribution is -2.34. The molecule has 0 N–H and O–H groups in total. The highest BCUT2D eigenvalue weighted by atomic mass is 32.2. The first-order valence-electron chi connectivity index (χ1n) is 8.83. The lowest BCUT2D eigenvalue weighted by atomic mass is 10.00. The van der Waals surface area contributed by atoms with Crippen molar-refractivity contribution >= 4 is 37.8 Å². The van der Waals surface area contributed by atoms with Gasteiger partial charge in [0.1, 0.15) is 4.21 Å². The van der Waals surface area contributed by atoms with E-state index in [2.05, 4.69) is 29.0 Å². The topological polar surface area (TPSA) is 42.3 Å². The molecule has 0 unspecified atom stereocenters. The number of sulfonamides is 1. The molecule has 1 aliphatic heterocycles. The maximum atomic E-state index is 12.9. The smallest absolute Gasteiger partial charge is 0.252 e. The third-order valence-corrected chi connectivity index (χ3v) is 8.56. The van der Waals surface area contributed by atoms with Crippen LogP contribution >= 0.6 is 11.3 Å². The summed E-state index contributed by atoms with van der Waals surface area (Å²) in [5.74, 6) is 0. The fraction of sp³-hybridized carbons (Fsp3) is 0.300. The van der Waals surface area contributed by atoms with Gasteiger partial charge in [-0.15, -0.1) is 11.3 Å². The van der Waals surface area contributed by atoms with Gasteiger partial charge in [-0.1, -0.05) is 31.2 Å². The van der Waals surface area contributed by atoms with Crippen LogP contribution in [0, 0.1) is 0 Å². The van der Waals surface area contributed by atoms with Crippen LogP contribution in [0.2, 0.25) is 0 Å². The standard InChI is InChI=1S/C20H22N2O2S2/c1-3-16-8-9-20(25-16)26(23,24)22-12-10-15(11-13-22)18-14-21(2)19-7-5-4-6-17(18)19/h4-10,14H,3,11-13H2,1-2H3. The van der Waals surface area contributed by atoms with E-state index in [9.17, 15) is 8.42 Å². The number of hydrogen-bond acceptors (Lipinski definition) is 3. The number of nitrogens with zero attached hydrogens (tertiary/aromatic N) is 2. The highest BCUT2D eigenvalue weighted by molar-refractivity contribution is 7.91. The predicted octanol–water partition coefficient (Wildman–Crippen LogP) is 4.28. The molecule has 0 aliphatic carbocycles. The molecule has 0 fully saturated rings. The Morgan fingerprint density at radius 2 is 1.96 bits per heavy atom. The minimum absolute atomic E-state index is 0.431. The minimum Gasteiger partial charge on any atom is -0.350 e. The summed E-state index contributed by atoms with van der Waals surface area (Å²) in [5, 5.41) is 1.23. The summed E-state index contributed by atoms with van der Waals surface area (Å²) >= 11 is 1.38. The van der Waals surface area contributed by atoms with E-state index in [1.54, 1.807) is 10.4 Å². The first-order chi connectivity index (χ1) is 12.5. The Bertz CT molecular complexity index is 1090. The molecule has 0 spiro atoms. The summed E-state index contributed by atoms with van der Waals surface area (Å²) in [6.45, 7) is 3.00. The van der Waals surface area contributed by atoms with Gasteiger partial charge in [0.05, 0.1) is 0 Å². The summed E-state index contributed by atoms with van der Waals surface area (Å²) in [4.78, 5) is 1.10. The van der Waals surface area contributed by atoms with Crippen LogP contribution in [-0.2, 0) is 23.5 Å². The monoisotopic (exact) mass is 386 g/mol. The van der Waals surface area contributed by atoms with Crippen LogP contribution in [0.15, 0.2) is 52.9 Å². The molecule has 6 heteroatoms. The Morgan fingerprint density at radius 1 is 1.15 bits per heavy atom. The zero-order valence-corrected chi connectivity index (χ0v) is 16.6. The van der Waals surface area contributed by atoms with Crippen molar-refractivity contribution in [3.8, 4) is 0 Å². The van der Waals surface area contributed by atoms with Gasteiger partial charge in [0.15, 0.2) is 0 Å². The van der Waals surface area contributed by atoms with Crippen molar-refractivity contribution in [2.24, 2.45) is 7.05 Å². The summed E-state index contributed by atoms with van der Waals surface area (Å²) in [7, 11) is -1.34. The predicted molar refractivity (Wildman–Crippen MR) is 108 cm³/mol. The maximum absolute atomic E-state index is 12.9. The highest BCUT2D eigenvalue weighted by Gasteiger charge is 2.28. The number of fused-ring (bicyclic) bond motifs is 1. The molecule has 0 amide bonds. The molecule has 0 saturated heterocycles. The molecule has 0 saturated carbocycles. The second-order valence-electron chi connectivity index (χ2n) is 6.59. The van der Waals surface area contributed by atoms with Gasteiger partial charge in [-0.05, 0) is 36.6 Å². The number of benzene rings is 1. The van der Waals surface area contributed by atoms with E-state index >= 15 is 0 Å². The first kappa shape index (κ1) is 17.5. The van der Waals surface area contributed by atoms with Crippen LogP contribution in [-0.4, -0.2) is 30.4 Å². The lowest BCUT2D eigenvalue weighted by molar-refractivity contribution is 0.443. The molecule has 3 heterocycles. The van der Waals surface area contributed by atoms with Gasteiger partial charge in [0.25, 0.3) is 10.0 Å². The molecule has 1 aromatic carbocycles. The third-order valence-electron chi connectivity index (χ3n) is 4.99. The number of thiophene rings is 1. The second kappa shape index (κ2) is 6.68. The van der Waals surface area contributed by atoms with E-state index in [1.165, 1.54) is 33.4 Å². The third kappa shape index (κ3) is 2.92. The van der Waals surface area contributed by atoms with Gasteiger partial charge in [-0.2, -0.15) is 4.31 Å². The normalized spacial score (nSPS) is 16.2. The summed E-state index contributed by atoms with van der Waals surface area (Å²) < 4.78 is 29.9. The molecule has 26 heavy (non-hydrogen) atoms. The summed E-state index contributed by atoms with van der Waals surface area (Å²) in [6.07, 6.45) is 5.81. The Kier molecular flexibility index (Phi) is 4.50. The molecular formula is C20H22N2O2S2. The molecule has 1 aliphatic rings. The average molecular weight is 387 g/mol. The van der Waals surface area contributed by atoms with Crippen molar-refractivity contribution < 1.29 is 8.42 Å². The molecule has 3 aromatic rings. The minimum atomic E-state index is -3.39. The zero-order chi connectivity index (χ0) is 18.3. The highest BCUT2D eigenvalue weighted by Crippen LogP contribution is 2.33. The largest absolute Gasteiger partial charge is 0.350 e. The summed E-state index contributed by atoms with van der Waals surface area (Å²) in [5.41, 5.74) is 3.64. The molecule has 2 aromatic heterocycles. The average Bonchev–Trinajstić information content (AvgIpc) is 3.28. The quantitative estimate of drug-likeness (QED) is 0.672. The van der Waals surface area contributed by atoms with Crippen LogP contribution in [0.1, 0.15) is 23.8 Å². The van der Waals surface area contributed by atoms with Crippen LogP contribution in [0.5, 0.6) is 0 Å². The molecule has 4 rings (SSSR count). The van der Waals surface area contributed by atoms with Gasteiger partial charge >= 0.3 is 0 Å². The van der Waals surface area contributed by atoms with Gasteiger partial charge in [-0.25, -0.2) is 8.42 Å². The Hall–Kier alpha value is -1.89. The van der Waals surface area contributed by atoms with E-state index < -0.39 is 10.0 Å². The van der Waals surface area contributed by atoms with Crippen molar-refractivity contribution in [1.29, 1.82) is 0 Å². The molecule has 0 bridgehead atoms. The molecule has 0 atom stereocenters. The van der Waals surface area contributed by atoms with Gasteiger partial charge in [-0.3, -0.25) is 0 Å². The van der Waals surface area contributed by atoms with Crippen LogP contribution in [0.3, 0.4) is 0 Å². The van der Waals surface area contributed by atoms with E-state index in [-0.39, 0.29) is 0 Å². The maximum Gasteiger partial charge on any atom is 0.252 e. The van der Waals surface area contributed by atoms with E-state index in [1.807, 2.05) is 32.2 Å². The second-order valence-corrected chi connectivity index (χ2v) is 9.92. The number of rotatable bonds is 4. The van der Waals surface area contributed by atoms with Crippen molar-refractivity contribution in [2.45, 2.75) is 24.0 Å². The summed E-state index contributed by atoms with van der Waals surface area (Å²) in [6, 6.07) is 12.0. The Balaban J connectivity index is 1.62. The van der Waals surface area contributed by atoms with E-state index in [0.717, 1.165) is 17.7 Å². The number of aryl methyl sites for hydroxylation is 2. The molecule has 0 radical (unpaired) electrons. The van der Waals surface area contributed by atoms with Crippen molar-refractivity contribution in [3.63, 3.8) is 0 Å². The molecule has 136 valence electrons.